The number of rotatable bonds is 5. The molecule has 0 aromatic carbocycles. The fraction of sp³-hybridized carbons (Fsp3) is 0.818. The van der Waals surface area contributed by atoms with Crippen molar-refractivity contribution in [2.45, 2.75) is 45.4 Å². The predicted octanol–water partition coefficient (Wildman–Crippen LogP) is 4.67. The molecule has 0 N–H and O–H groups in total. The van der Waals surface area contributed by atoms with Gasteiger partial charge in [0.15, 0.2) is 0 Å². The van der Waals surface area contributed by atoms with Gasteiger partial charge in [-0.3, -0.25) is 0 Å². The standard InChI is InChI=1S/C11H20S2/c1-2-3-4-5-6-8-11-12-9-7-10-13-11/h8H,2-7,9-10H2,1H3. The van der Waals surface area contributed by atoms with Gasteiger partial charge in [-0.15, -0.1) is 23.5 Å². The van der Waals surface area contributed by atoms with Crippen molar-refractivity contribution in [3.8, 4) is 0 Å². The Morgan fingerprint density at radius 3 is 2.62 bits per heavy atom. The van der Waals surface area contributed by atoms with Gasteiger partial charge in [-0.2, -0.15) is 0 Å². The second-order valence-electron chi connectivity index (χ2n) is 3.42. The molecule has 0 aliphatic carbocycles. The van der Waals surface area contributed by atoms with Crippen LogP contribution in [0.25, 0.3) is 0 Å². The van der Waals surface area contributed by atoms with Crippen LogP contribution in [0.4, 0.5) is 0 Å². The summed E-state index contributed by atoms with van der Waals surface area (Å²) in [5.74, 6) is 2.68. The molecule has 0 spiro atoms. The minimum atomic E-state index is 1.30. The first-order valence-corrected chi connectivity index (χ1v) is 7.36. The second-order valence-corrected chi connectivity index (χ2v) is 5.95. The van der Waals surface area contributed by atoms with Crippen molar-refractivity contribution in [1.29, 1.82) is 0 Å². The van der Waals surface area contributed by atoms with Crippen molar-refractivity contribution < 1.29 is 0 Å². The van der Waals surface area contributed by atoms with Gasteiger partial charge < -0.3 is 0 Å². The maximum absolute atomic E-state index is 2.45. The van der Waals surface area contributed by atoms with Gasteiger partial charge in [0.05, 0.1) is 0 Å². The third-order valence-corrected chi connectivity index (χ3v) is 4.74. The van der Waals surface area contributed by atoms with Crippen LogP contribution in [0, 0.1) is 0 Å². The molecule has 76 valence electrons. The number of hydrogen-bond donors (Lipinski definition) is 0. The van der Waals surface area contributed by atoms with E-state index in [0.29, 0.717) is 0 Å². The number of thioether (sulfide) groups is 2. The zero-order valence-corrected chi connectivity index (χ0v) is 10.2. The molecule has 0 saturated carbocycles. The Morgan fingerprint density at radius 1 is 1.15 bits per heavy atom. The summed E-state index contributed by atoms with van der Waals surface area (Å²) in [6.07, 6.45) is 10.7. The molecule has 2 heteroatoms. The third-order valence-electron chi connectivity index (χ3n) is 2.15. The summed E-state index contributed by atoms with van der Waals surface area (Å²) in [6.45, 7) is 2.27. The smallest absolute Gasteiger partial charge is 0.0360 e. The van der Waals surface area contributed by atoms with E-state index < -0.39 is 0 Å². The molecule has 1 aliphatic rings. The SMILES string of the molecule is CCCCCCC=C1SCCCS1. The van der Waals surface area contributed by atoms with Crippen LogP contribution in [0.5, 0.6) is 0 Å². The van der Waals surface area contributed by atoms with E-state index in [4.69, 9.17) is 0 Å². The van der Waals surface area contributed by atoms with Crippen molar-refractivity contribution >= 4 is 23.5 Å². The minimum absolute atomic E-state index is 1.30. The molecule has 1 fully saturated rings. The van der Waals surface area contributed by atoms with E-state index in [0.717, 1.165) is 0 Å². The summed E-state index contributed by atoms with van der Waals surface area (Å²) in [5, 5.41) is 0. The van der Waals surface area contributed by atoms with Gasteiger partial charge in [0, 0.05) is 4.24 Å². The summed E-state index contributed by atoms with van der Waals surface area (Å²) in [7, 11) is 0. The molecule has 1 heterocycles. The summed E-state index contributed by atoms with van der Waals surface area (Å²) < 4.78 is 1.59. The summed E-state index contributed by atoms with van der Waals surface area (Å²) in [4.78, 5) is 0. The fourth-order valence-electron chi connectivity index (χ4n) is 1.35. The van der Waals surface area contributed by atoms with Gasteiger partial charge in [-0.25, -0.2) is 0 Å². The zero-order chi connectivity index (χ0) is 9.36. The van der Waals surface area contributed by atoms with E-state index in [1.54, 1.807) is 4.24 Å². The van der Waals surface area contributed by atoms with Gasteiger partial charge in [0.25, 0.3) is 0 Å². The summed E-state index contributed by atoms with van der Waals surface area (Å²) >= 11 is 4.10. The van der Waals surface area contributed by atoms with E-state index in [-0.39, 0.29) is 0 Å². The first-order chi connectivity index (χ1) is 6.43. The highest BCUT2D eigenvalue weighted by atomic mass is 32.2. The van der Waals surface area contributed by atoms with Crippen LogP contribution >= 0.6 is 23.5 Å². The van der Waals surface area contributed by atoms with Crippen molar-refractivity contribution in [3.63, 3.8) is 0 Å². The van der Waals surface area contributed by atoms with Crippen molar-refractivity contribution in [2.75, 3.05) is 11.5 Å². The Balaban J connectivity index is 2.01. The lowest BCUT2D eigenvalue weighted by Crippen LogP contribution is -1.91. The normalized spacial score (nSPS) is 17.5. The average molecular weight is 216 g/mol. The highest BCUT2D eigenvalue weighted by Gasteiger charge is 2.04. The molecule has 0 nitrogen and oxygen atoms in total. The molecule has 1 aliphatic heterocycles. The molecular weight excluding hydrogens is 196 g/mol. The molecule has 0 bridgehead atoms. The maximum Gasteiger partial charge on any atom is 0.0360 e. The molecule has 1 rings (SSSR count). The van der Waals surface area contributed by atoms with Gasteiger partial charge in [-0.1, -0.05) is 32.3 Å². The molecule has 0 radical (unpaired) electrons. The Kier molecular flexibility index (Phi) is 6.92. The van der Waals surface area contributed by atoms with Crippen LogP contribution < -0.4 is 0 Å². The molecule has 0 aromatic rings. The highest BCUT2D eigenvalue weighted by Crippen LogP contribution is 2.34. The molecule has 1 saturated heterocycles. The summed E-state index contributed by atoms with van der Waals surface area (Å²) in [6, 6.07) is 0. The van der Waals surface area contributed by atoms with Gasteiger partial charge in [-0.05, 0) is 30.8 Å². The van der Waals surface area contributed by atoms with E-state index in [9.17, 15) is 0 Å². The number of hydrogen-bond acceptors (Lipinski definition) is 2. The van der Waals surface area contributed by atoms with E-state index in [1.165, 1.54) is 50.0 Å². The van der Waals surface area contributed by atoms with Gasteiger partial charge >= 0.3 is 0 Å². The first kappa shape index (κ1) is 11.5. The summed E-state index contributed by atoms with van der Waals surface area (Å²) in [5.41, 5.74) is 0. The number of allylic oxidation sites excluding steroid dienone is 1. The van der Waals surface area contributed by atoms with Crippen LogP contribution in [-0.4, -0.2) is 11.5 Å². The van der Waals surface area contributed by atoms with Crippen LogP contribution in [0.3, 0.4) is 0 Å². The molecule has 0 unspecified atom stereocenters. The molecule has 13 heavy (non-hydrogen) atoms. The lowest BCUT2D eigenvalue weighted by Gasteiger charge is -2.12. The lowest BCUT2D eigenvalue weighted by molar-refractivity contribution is 0.674. The Hall–Kier alpha value is 0.440. The van der Waals surface area contributed by atoms with E-state index >= 15 is 0 Å². The van der Waals surface area contributed by atoms with Gasteiger partial charge in [0.2, 0.25) is 0 Å². The molecule has 0 aromatic heterocycles. The topological polar surface area (TPSA) is 0 Å². The van der Waals surface area contributed by atoms with E-state index in [1.807, 2.05) is 0 Å². The van der Waals surface area contributed by atoms with Crippen LogP contribution in [0.1, 0.15) is 45.4 Å². The van der Waals surface area contributed by atoms with Crippen LogP contribution in [0.2, 0.25) is 0 Å². The largest absolute Gasteiger partial charge is 0.120 e. The first-order valence-electron chi connectivity index (χ1n) is 5.39. The quantitative estimate of drug-likeness (QED) is 0.613. The Morgan fingerprint density at radius 2 is 1.92 bits per heavy atom. The van der Waals surface area contributed by atoms with Crippen molar-refractivity contribution in [1.82, 2.24) is 0 Å². The van der Waals surface area contributed by atoms with Crippen molar-refractivity contribution in [2.24, 2.45) is 0 Å². The van der Waals surface area contributed by atoms with E-state index in [2.05, 4.69) is 36.5 Å². The second kappa shape index (κ2) is 7.81. The molecule has 0 atom stereocenters. The maximum atomic E-state index is 2.45. The third kappa shape index (κ3) is 5.69. The molecular formula is C11H20S2. The predicted molar refractivity (Wildman–Crippen MR) is 66.4 cm³/mol. The minimum Gasteiger partial charge on any atom is -0.120 e. The Bertz CT molecular complexity index is 144. The van der Waals surface area contributed by atoms with Crippen molar-refractivity contribution in [3.05, 3.63) is 10.3 Å². The average Bonchev–Trinajstić information content (AvgIpc) is 2.19. The Labute approximate surface area is 90.9 Å². The number of unbranched alkanes of at least 4 members (excludes halogenated alkanes) is 4. The monoisotopic (exact) mass is 216 g/mol. The van der Waals surface area contributed by atoms with Crippen LogP contribution in [-0.2, 0) is 0 Å². The van der Waals surface area contributed by atoms with Crippen LogP contribution in [0.15, 0.2) is 10.3 Å². The highest BCUT2D eigenvalue weighted by molar-refractivity contribution is 8.22. The zero-order valence-electron chi connectivity index (χ0n) is 8.55. The lowest BCUT2D eigenvalue weighted by atomic mass is 10.2. The molecule has 0 amide bonds. The fourth-order valence-corrected chi connectivity index (χ4v) is 3.82. The van der Waals surface area contributed by atoms with Gasteiger partial charge in [0.1, 0.15) is 0 Å².